The molecule has 152 valence electrons. The lowest BCUT2D eigenvalue weighted by molar-refractivity contribution is -0.258. The van der Waals surface area contributed by atoms with Crippen molar-refractivity contribution in [1.82, 2.24) is 9.21 Å². The molecule has 1 saturated heterocycles. The van der Waals surface area contributed by atoms with Crippen molar-refractivity contribution in [3.8, 4) is 0 Å². The smallest absolute Gasteiger partial charge is 0.376 e. The highest BCUT2D eigenvalue weighted by atomic mass is 32.2. The van der Waals surface area contributed by atoms with Crippen LogP contribution in [0.25, 0.3) is 0 Å². The fraction of sp³-hybridized carbons (Fsp3) is 0.667. The number of aliphatic hydroxyl groups is 1. The first-order valence-corrected chi connectivity index (χ1v) is 10.5. The summed E-state index contributed by atoms with van der Waals surface area (Å²) in [5, 5.41) is 9.72. The van der Waals surface area contributed by atoms with Crippen LogP contribution < -0.4 is 0 Å². The highest BCUT2D eigenvalue weighted by Crippen LogP contribution is 2.39. The van der Waals surface area contributed by atoms with Crippen LogP contribution in [-0.2, 0) is 15.6 Å². The van der Waals surface area contributed by atoms with Crippen LogP contribution in [0.3, 0.4) is 0 Å². The molecule has 1 aromatic rings. The molecule has 0 unspecified atom stereocenters. The molecular formula is C18H25F3N2O3S. The van der Waals surface area contributed by atoms with E-state index in [0.717, 1.165) is 36.7 Å². The zero-order valence-corrected chi connectivity index (χ0v) is 16.2. The first kappa shape index (κ1) is 20.6. The van der Waals surface area contributed by atoms with E-state index in [1.54, 1.807) is 0 Å². The van der Waals surface area contributed by atoms with E-state index in [4.69, 9.17) is 0 Å². The van der Waals surface area contributed by atoms with E-state index in [1.165, 1.54) is 17.1 Å². The van der Waals surface area contributed by atoms with Crippen molar-refractivity contribution in [2.45, 2.75) is 49.4 Å². The van der Waals surface area contributed by atoms with Crippen LogP contribution in [0.1, 0.15) is 32.3 Å². The molecule has 1 saturated carbocycles. The van der Waals surface area contributed by atoms with Gasteiger partial charge in [0.05, 0.1) is 4.90 Å². The molecule has 0 amide bonds. The lowest BCUT2D eigenvalue weighted by atomic mass is 9.96. The zero-order chi connectivity index (χ0) is 20.0. The van der Waals surface area contributed by atoms with E-state index in [2.05, 4.69) is 4.90 Å². The highest BCUT2D eigenvalue weighted by Gasteiger charge is 2.51. The van der Waals surface area contributed by atoms with Gasteiger partial charge in [-0.15, -0.1) is 0 Å². The molecule has 2 atom stereocenters. The second kappa shape index (κ2) is 7.02. The topological polar surface area (TPSA) is 60.9 Å². The molecule has 0 bridgehead atoms. The minimum absolute atomic E-state index is 0.0632. The largest absolute Gasteiger partial charge is 0.421 e. The average molecular weight is 406 g/mol. The summed E-state index contributed by atoms with van der Waals surface area (Å²) < 4.78 is 66.1. The molecular weight excluding hydrogens is 381 g/mol. The molecule has 0 spiro atoms. The van der Waals surface area contributed by atoms with Gasteiger partial charge in [-0.2, -0.15) is 17.5 Å². The van der Waals surface area contributed by atoms with E-state index in [9.17, 15) is 26.7 Å². The number of halogens is 3. The van der Waals surface area contributed by atoms with Crippen LogP contribution in [0, 0.1) is 5.92 Å². The third-order valence-electron chi connectivity index (χ3n) is 5.44. The molecule has 3 rings (SSSR count). The Morgan fingerprint density at radius 2 is 1.74 bits per heavy atom. The maximum atomic E-state index is 12.9. The summed E-state index contributed by atoms with van der Waals surface area (Å²) in [6, 6.07) is 4.10. The van der Waals surface area contributed by atoms with Gasteiger partial charge in [0.15, 0.2) is 5.60 Å². The van der Waals surface area contributed by atoms with Gasteiger partial charge in [-0.1, -0.05) is 12.1 Å². The summed E-state index contributed by atoms with van der Waals surface area (Å²) in [7, 11) is -3.80. The van der Waals surface area contributed by atoms with Crippen molar-refractivity contribution in [1.29, 1.82) is 0 Å². The third kappa shape index (κ3) is 4.16. The van der Waals surface area contributed by atoms with Gasteiger partial charge in [-0.25, -0.2) is 8.42 Å². The number of benzene rings is 1. The van der Waals surface area contributed by atoms with Crippen molar-refractivity contribution in [2.24, 2.45) is 5.92 Å². The second-order valence-electron chi connectivity index (χ2n) is 7.76. The molecule has 9 heteroatoms. The van der Waals surface area contributed by atoms with Crippen molar-refractivity contribution < 1.29 is 26.7 Å². The Hall–Kier alpha value is -1.16. The Morgan fingerprint density at radius 1 is 1.15 bits per heavy atom. The number of piperazine rings is 1. The molecule has 1 aromatic carbocycles. The predicted octanol–water partition coefficient (Wildman–Crippen LogP) is 2.56. The van der Waals surface area contributed by atoms with Gasteiger partial charge < -0.3 is 10.0 Å². The molecule has 2 fully saturated rings. The normalized spacial score (nSPS) is 25.3. The van der Waals surface area contributed by atoms with E-state index in [0.29, 0.717) is 26.6 Å². The SMILES string of the molecule is C[C@@H]1CN(CC2CC2)CCN1S(=O)(=O)c1ccc([C@](C)(O)C(F)(F)F)cc1. The minimum atomic E-state index is -4.85. The van der Waals surface area contributed by atoms with E-state index in [1.807, 2.05) is 6.92 Å². The standard InChI is InChI=1S/C18H25F3N2O3S/c1-13-11-22(12-14-3-4-14)9-10-23(13)27(25,26)16-7-5-15(6-8-16)17(2,24)18(19,20)21/h5-8,13-14,24H,3-4,9-12H2,1-2H3/t13-,17+/m1/s1. The van der Waals surface area contributed by atoms with Gasteiger partial charge in [0.2, 0.25) is 10.0 Å². The van der Waals surface area contributed by atoms with Gasteiger partial charge in [-0.3, -0.25) is 0 Å². The molecule has 5 nitrogen and oxygen atoms in total. The number of rotatable bonds is 5. The van der Waals surface area contributed by atoms with Crippen molar-refractivity contribution >= 4 is 10.0 Å². The van der Waals surface area contributed by atoms with Crippen LogP contribution in [0.5, 0.6) is 0 Å². The van der Waals surface area contributed by atoms with Crippen LogP contribution in [-0.4, -0.2) is 61.1 Å². The number of sulfonamides is 1. The first-order chi connectivity index (χ1) is 12.4. The van der Waals surface area contributed by atoms with Gasteiger partial charge in [0, 0.05) is 32.2 Å². The molecule has 1 aliphatic carbocycles. The predicted molar refractivity (Wildman–Crippen MR) is 94.6 cm³/mol. The molecule has 0 aromatic heterocycles. The van der Waals surface area contributed by atoms with Gasteiger partial charge in [0.25, 0.3) is 0 Å². The van der Waals surface area contributed by atoms with Gasteiger partial charge in [-0.05, 0) is 50.3 Å². The zero-order valence-electron chi connectivity index (χ0n) is 15.4. The summed E-state index contributed by atoms with van der Waals surface area (Å²) in [5.74, 6) is 0.731. The van der Waals surface area contributed by atoms with Gasteiger partial charge in [0.1, 0.15) is 0 Å². The lowest BCUT2D eigenvalue weighted by Crippen LogP contribution is -2.54. The van der Waals surface area contributed by atoms with Crippen molar-refractivity contribution in [2.75, 3.05) is 26.2 Å². The summed E-state index contributed by atoms with van der Waals surface area (Å²) in [6.45, 7) is 5.16. The number of hydrogen-bond acceptors (Lipinski definition) is 4. The Bertz CT molecular complexity index is 774. The number of hydrogen-bond donors (Lipinski definition) is 1. The maximum Gasteiger partial charge on any atom is 0.421 e. The minimum Gasteiger partial charge on any atom is -0.376 e. The third-order valence-corrected chi connectivity index (χ3v) is 7.47. The van der Waals surface area contributed by atoms with E-state index in [-0.39, 0.29) is 10.9 Å². The van der Waals surface area contributed by atoms with Gasteiger partial charge >= 0.3 is 6.18 Å². The lowest BCUT2D eigenvalue weighted by Gasteiger charge is -2.39. The highest BCUT2D eigenvalue weighted by molar-refractivity contribution is 7.89. The molecule has 1 N–H and O–H groups in total. The Morgan fingerprint density at radius 3 is 2.22 bits per heavy atom. The Labute approximate surface area is 157 Å². The molecule has 27 heavy (non-hydrogen) atoms. The number of alkyl halides is 3. The molecule has 2 aliphatic rings. The first-order valence-electron chi connectivity index (χ1n) is 9.07. The Balaban J connectivity index is 1.75. The quantitative estimate of drug-likeness (QED) is 0.817. The van der Waals surface area contributed by atoms with Crippen LogP contribution >= 0.6 is 0 Å². The second-order valence-corrected chi connectivity index (χ2v) is 9.65. The fourth-order valence-corrected chi connectivity index (χ4v) is 5.07. The average Bonchev–Trinajstić information content (AvgIpc) is 3.37. The van der Waals surface area contributed by atoms with Crippen LogP contribution in [0.4, 0.5) is 13.2 Å². The van der Waals surface area contributed by atoms with Crippen LogP contribution in [0.15, 0.2) is 29.2 Å². The van der Waals surface area contributed by atoms with Crippen molar-refractivity contribution in [3.63, 3.8) is 0 Å². The summed E-state index contributed by atoms with van der Waals surface area (Å²) >= 11 is 0. The van der Waals surface area contributed by atoms with E-state index >= 15 is 0 Å². The monoisotopic (exact) mass is 406 g/mol. The number of nitrogens with zero attached hydrogens (tertiary/aromatic N) is 2. The summed E-state index contributed by atoms with van der Waals surface area (Å²) in [5.41, 5.74) is -3.42. The summed E-state index contributed by atoms with van der Waals surface area (Å²) in [6.07, 6.45) is -2.37. The fourth-order valence-electron chi connectivity index (χ4n) is 3.46. The molecule has 1 aliphatic heterocycles. The molecule has 1 heterocycles. The van der Waals surface area contributed by atoms with Crippen molar-refractivity contribution in [3.05, 3.63) is 29.8 Å². The Kier molecular flexibility index (Phi) is 5.35. The van der Waals surface area contributed by atoms with E-state index < -0.39 is 27.4 Å². The molecule has 0 radical (unpaired) electrons. The maximum absolute atomic E-state index is 12.9. The summed E-state index contributed by atoms with van der Waals surface area (Å²) in [4.78, 5) is 2.21. The van der Waals surface area contributed by atoms with Crippen LogP contribution in [0.2, 0.25) is 0 Å².